The second-order valence-electron chi connectivity index (χ2n) is 3.68. The molecule has 0 saturated heterocycles. The largest absolute Gasteiger partial charge is 0.310 e. The van der Waals surface area contributed by atoms with Gasteiger partial charge in [0.1, 0.15) is 11.9 Å². The molecule has 0 fully saturated rings. The maximum absolute atomic E-state index is 11.6. The zero-order chi connectivity index (χ0) is 12.1. The predicted molar refractivity (Wildman–Crippen MR) is 65.1 cm³/mol. The molecule has 0 aromatic carbocycles. The Morgan fingerprint density at radius 1 is 1.56 bits per heavy atom. The standard InChI is InChI=1S/C11H12BrN3O/c1-7(2)10(12)11(16)15-9-4-3-8(5-13)6-14-9/h3-4,6-7,10H,1-2H3,(H,14,15,16). The van der Waals surface area contributed by atoms with Crippen LogP contribution in [0, 0.1) is 17.2 Å². The molecule has 0 aliphatic carbocycles. The number of alkyl halides is 1. The van der Waals surface area contributed by atoms with Gasteiger partial charge in [-0.3, -0.25) is 4.79 Å². The Labute approximate surface area is 103 Å². The maximum Gasteiger partial charge on any atom is 0.239 e. The Hall–Kier alpha value is -1.41. The van der Waals surface area contributed by atoms with Crippen LogP contribution in [0.4, 0.5) is 5.82 Å². The summed E-state index contributed by atoms with van der Waals surface area (Å²) >= 11 is 3.30. The molecule has 0 saturated carbocycles. The minimum absolute atomic E-state index is 0.132. The van der Waals surface area contributed by atoms with E-state index >= 15 is 0 Å². The summed E-state index contributed by atoms with van der Waals surface area (Å²) in [7, 11) is 0. The Balaban J connectivity index is 2.67. The second kappa shape index (κ2) is 5.61. The van der Waals surface area contributed by atoms with Crippen LogP contribution in [0.1, 0.15) is 19.4 Å². The highest BCUT2D eigenvalue weighted by atomic mass is 79.9. The smallest absolute Gasteiger partial charge is 0.239 e. The first-order valence-corrected chi connectivity index (χ1v) is 5.77. The van der Waals surface area contributed by atoms with E-state index < -0.39 is 0 Å². The first-order chi connectivity index (χ1) is 7.54. The molecule has 1 amide bonds. The van der Waals surface area contributed by atoms with Crippen molar-refractivity contribution in [2.45, 2.75) is 18.7 Å². The molecule has 1 N–H and O–H groups in total. The number of nitriles is 1. The summed E-state index contributed by atoms with van der Waals surface area (Å²) in [6.07, 6.45) is 1.42. The van der Waals surface area contributed by atoms with Crippen LogP contribution >= 0.6 is 15.9 Å². The minimum atomic E-state index is -0.245. The summed E-state index contributed by atoms with van der Waals surface area (Å²) in [5.74, 6) is 0.527. The van der Waals surface area contributed by atoms with E-state index in [2.05, 4.69) is 26.2 Å². The Morgan fingerprint density at radius 2 is 2.25 bits per heavy atom. The summed E-state index contributed by atoms with van der Waals surface area (Å²) in [5.41, 5.74) is 0.470. The lowest BCUT2D eigenvalue weighted by molar-refractivity contribution is -0.116. The van der Waals surface area contributed by atoms with Crippen molar-refractivity contribution >= 4 is 27.7 Å². The SMILES string of the molecule is CC(C)C(Br)C(=O)Nc1ccc(C#N)cn1. The molecule has 0 radical (unpaired) electrons. The minimum Gasteiger partial charge on any atom is -0.310 e. The molecule has 0 aliphatic heterocycles. The molecule has 1 unspecified atom stereocenters. The molecule has 5 heteroatoms. The molecular formula is C11H12BrN3O. The van der Waals surface area contributed by atoms with Crippen LogP contribution in [0.25, 0.3) is 0 Å². The summed E-state index contributed by atoms with van der Waals surface area (Å²) < 4.78 is 0. The number of halogens is 1. The van der Waals surface area contributed by atoms with Crippen LogP contribution in [0.2, 0.25) is 0 Å². The van der Waals surface area contributed by atoms with Crippen molar-refractivity contribution in [3.05, 3.63) is 23.9 Å². The van der Waals surface area contributed by atoms with Gasteiger partial charge < -0.3 is 5.32 Å². The number of carbonyl (C=O) groups excluding carboxylic acids is 1. The Morgan fingerprint density at radius 3 is 2.69 bits per heavy atom. The lowest BCUT2D eigenvalue weighted by atomic mass is 10.1. The molecule has 1 atom stereocenters. The van der Waals surface area contributed by atoms with Crippen molar-refractivity contribution < 1.29 is 4.79 Å². The van der Waals surface area contributed by atoms with Gasteiger partial charge in [0.2, 0.25) is 5.91 Å². The average Bonchev–Trinajstić information content (AvgIpc) is 2.28. The Bertz CT molecular complexity index is 408. The van der Waals surface area contributed by atoms with Crippen molar-refractivity contribution in [2.75, 3.05) is 5.32 Å². The molecule has 0 spiro atoms. The molecule has 84 valence electrons. The average molecular weight is 282 g/mol. The number of nitrogens with zero attached hydrogens (tertiary/aromatic N) is 2. The zero-order valence-corrected chi connectivity index (χ0v) is 10.7. The molecule has 16 heavy (non-hydrogen) atoms. The van der Waals surface area contributed by atoms with E-state index in [1.807, 2.05) is 19.9 Å². The van der Waals surface area contributed by atoms with E-state index in [1.165, 1.54) is 6.20 Å². The second-order valence-corrected chi connectivity index (χ2v) is 4.67. The van der Waals surface area contributed by atoms with Crippen LogP contribution in [0.5, 0.6) is 0 Å². The van der Waals surface area contributed by atoms with Crippen LogP contribution in [0.15, 0.2) is 18.3 Å². The molecule has 1 aromatic heterocycles. The third kappa shape index (κ3) is 3.31. The molecular weight excluding hydrogens is 270 g/mol. The summed E-state index contributed by atoms with van der Waals surface area (Å²) in [6, 6.07) is 5.18. The van der Waals surface area contributed by atoms with Crippen molar-refractivity contribution in [1.29, 1.82) is 5.26 Å². The molecule has 1 heterocycles. The van der Waals surface area contributed by atoms with Gasteiger partial charge in [0.05, 0.1) is 10.4 Å². The molecule has 1 rings (SSSR count). The van der Waals surface area contributed by atoms with Crippen LogP contribution in [-0.2, 0) is 4.79 Å². The highest BCUT2D eigenvalue weighted by Gasteiger charge is 2.18. The van der Waals surface area contributed by atoms with Crippen LogP contribution in [-0.4, -0.2) is 15.7 Å². The van der Waals surface area contributed by atoms with Crippen LogP contribution < -0.4 is 5.32 Å². The highest BCUT2D eigenvalue weighted by molar-refractivity contribution is 9.10. The monoisotopic (exact) mass is 281 g/mol. The third-order valence-electron chi connectivity index (χ3n) is 1.98. The number of hydrogen-bond acceptors (Lipinski definition) is 3. The lowest BCUT2D eigenvalue weighted by Gasteiger charge is -2.13. The van der Waals surface area contributed by atoms with Gasteiger partial charge in [0.15, 0.2) is 0 Å². The summed E-state index contributed by atoms with van der Waals surface area (Å²) in [4.78, 5) is 15.4. The van der Waals surface area contributed by atoms with Gasteiger partial charge in [0, 0.05) is 6.20 Å². The fourth-order valence-corrected chi connectivity index (χ4v) is 1.15. The first kappa shape index (κ1) is 12.7. The number of anilines is 1. The topological polar surface area (TPSA) is 65.8 Å². The van der Waals surface area contributed by atoms with Crippen molar-refractivity contribution in [2.24, 2.45) is 5.92 Å². The molecule has 4 nitrogen and oxygen atoms in total. The van der Waals surface area contributed by atoms with Gasteiger partial charge in [-0.25, -0.2) is 4.98 Å². The zero-order valence-electron chi connectivity index (χ0n) is 9.07. The highest BCUT2D eigenvalue weighted by Crippen LogP contribution is 2.14. The van der Waals surface area contributed by atoms with Crippen molar-refractivity contribution in [3.8, 4) is 6.07 Å². The number of pyridine rings is 1. The van der Waals surface area contributed by atoms with Gasteiger partial charge in [0.25, 0.3) is 0 Å². The fraction of sp³-hybridized carbons (Fsp3) is 0.364. The van der Waals surface area contributed by atoms with E-state index in [-0.39, 0.29) is 16.7 Å². The lowest BCUT2D eigenvalue weighted by Crippen LogP contribution is -2.27. The number of hydrogen-bond donors (Lipinski definition) is 1. The van der Waals surface area contributed by atoms with E-state index in [9.17, 15) is 4.79 Å². The van der Waals surface area contributed by atoms with E-state index in [4.69, 9.17) is 5.26 Å². The van der Waals surface area contributed by atoms with Gasteiger partial charge in [-0.2, -0.15) is 5.26 Å². The molecule has 0 bridgehead atoms. The number of amides is 1. The van der Waals surface area contributed by atoms with Gasteiger partial charge in [-0.05, 0) is 18.1 Å². The number of rotatable bonds is 3. The third-order valence-corrected chi connectivity index (χ3v) is 3.45. The number of nitrogens with one attached hydrogen (secondary N) is 1. The fourth-order valence-electron chi connectivity index (χ4n) is 1.03. The normalized spacial score (nSPS) is 11.9. The quantitative estimate of drug-likeness (QED) is 0.865. The summed E-state index contributed by atoms with van der Waals surface area (Å²) in [5, 5.41) is 11.3. The Kier molecular flexibility index (Phi) is 4.44. The van der Waals surface area contributed by atoms with Crippen molar-refractivity contribution in [1.82, 2.24) is 4.98 Å². The predicted octanol–water partition coefficient (Wildman–Crippen LogP) is 2.31. The van der Waals surface area contributed by atoms with Gasteiger partial charge in [-0.1, -0.05) is 29.8 Å². The van der Waals surface area contributed by atoms with Gasteiger partial charge in [-0.15, -0.1) is 0 Å². The summed E-state index contributed by atoms with van der Waals surface area (Å²) in [6.45, 7) is 3.90. The van der Waals surface area contributed by atoms with E-state index in [0.717, 1.165) is 0 Å². The van der Waals surface area contributed by atoms with Crippen LogP contribution in [0.3, 0.4) is 0 Å². The number of aromatic nitrogens is 1. The molecule has 0 aliphatic rings. The van der Waals surface area contributed by atoms with Gasteiger partial charge >= 0.3 is 0 Å². The van der Waals surface area contributed by atoms with Crippen molar-refractivity contribution in [3.63, 3.8) is 0 Å². The number of carbonyl (C=O) groups is 1. The molecule has 1 aromatic rings. The van der Waals surface area contributed by atoms with E-state index in [1.54, 1.807) is 12.1 Å². The first-order valence-electron chi connectivity index (χ1n) is 4.85. The maximum atomic E-state index is 11.6. The van der Waals surface area contributed by atoms with E-state index in [0.29, 0.717) is 11.4 Å².